The van der Waals surface area contributed by atoms with E-state index in [4.69, 9.17) is 0 Å². The first kappa shape index (κ1) is 22.9. The molecule has 3 heterocycles. The Morgan fingerprint density at radius 2 is 1.74 bits per heavy atom. The molecule has 34 heavy (non-hydrogen) atoms. The van der Waals surface area contributed by atoms with Gasteiger partial charge >= 0.3 is 0 Å². The molecule has 2 aromatic rings. The van der Waals surface area contributed by atoms with Crippen LogP contribution in [0.1, 0.15) is 64.7 Å². The zero-order valence-corrected chi connectivity index (χ0v) is 18.9. The molecule has 0 aliphatic carbocycles. The molecule has 0 spiro atoms. The molecule has 2 amide bonds. The maximum atomic E-state index is 13.9. The first-order valence-corrected chi connectivity index (χ1v) is 11.9. The second-order valence-corrected chi connectivity index (χ2v) is 9.47. The van der Waals surface area contributed by atoms with Crippen LogP contribution < -0.4 is 5.32 Å². The first-order chi connectivity index (χ1) is 16.4. The lowest BCUT2D eigenvalue weighted by Gasteiger charge is -2.37. The number of piperidine rings is 2. The normalized spacial score (nSPS) is 24.9. The van der Waals surface area contributed by atoms with Crippen LogP contribution in [-0.2, 0) is 11.3 Å². The minimum atomic E-state index is -2.45. The summed E-state index contributed by atoms with van der Waals surface area (Å²) in [5.41, 5.74) is 3.32. The lowest BCUT2D eigenvalue weighted by molar-refractivity contribution is -0.129. The third-order valence-electron chi connectivity index (χ3n) is 7.48. The highest BCUT2D eigenvalue weighted by Gasteiger charge is 2.39. The van der Waals surface area contributed by atoms with Crippen molar-refractivity contribution in [3.05, 3.63) is 70.8 Å². The fourth-order valence-corrected chi connectivity index (χ4v) is 5.66. The number of amides is 2. The van der Waals surface area contributed by atoms with E-state index in [9.17, 15) is 23.5 Å². The number of alkyl halides is 2. The number of halogens is 2. The van der Waals surface area contributed by atoms with Gasteiger partial charge in [0.2, 0.25) is 5.91 Å². The van der Waals surface area contributed by atoms with Crippen molar-refractivity contribution in [2.24, 2.45) is 0 Å². The Kier molecular flexibility index (Phi) is 6.36. The number of aliphatic hydroxyl groups is 1. The number of carbonyl (C=O) groups excluding carboxylic acids is 2. The van der Waals surface area contributed by atoms with Crippen LogP contribution in [0.5, 0.6) is 0 Å². The van der Waals surface area contributed by atoms with Crippen LogP contribution in [0.4, 0.5) is 8.78 Å². The molecule has 0 bridgehead atoms. The van der Waals surface area contributed by atoms with Crippen molar-refractivity contribution in [1.82, 2.24) is 15.1 Å². The zero-order valence-electron chi connectivity index (χ0n) is 18.9. The Morgan fingerprint density at radius 1 is 1.00 bits per heavy atom. The number of carbonyl (C=O) groups is 2. The summed E-state index contributed by atoms with van der Waals surface area (Å²) >= 11 is 0. The molecule has 180 valence electrons. The summed E-state index contributed by atoms with van der Waals surface area (Å²) in [5, 5.41) is 12.8. The standard InChI is InChI=1S/C26H29F2N3O3/c27-24(28)23(17-4-2-1-3-5-17)30-12-10-16(11-13-30)18-6-7-20-19(14-18)15-31(26(20)34)21-8-9-22(32)29-25(21)33/h1-7,14,16,21,23-25,33H,8-13,15H2,(H,29,32). The number of likely N-dealkylation sites (tertiary alicyclic amines) is 1. The van der Waals surface area contributed by atoms with E-state index in [0.717, 1.165) is 24.0 Å². The first-order valence-electron chi connectivity index (χ1n) is 11.9. The van der Waals surface area contributed by atoms with Crippen molar-refractivity contribution in [2.45, 2.75) is 62.9 Å². The lowest BCUT2D eigenvalue weighted by atomic mass is 9.87. The van der Waals surface area contributed by atoms with Gasteiger partial charge in [0.15, 0.2) is 0 Å². The van der Waals surface area contributed by atoms with E-state index < -0.39 is 24.7 Å². The summed E-state index contributed by atoms with van der Waals surface area (Å²) in [6, 6.07) is 13.5. The number of aliphatic hydroxyl groups excluding tert-OH is 1. The molecule has 3 unspecified atom stereocenters. The second kappa shape index (κ2) is 9.43. The van der Waals surface area contributed by atoms with E-state index >= 15 is 0 Å². The van der Waals surface area contributed by atoms with Gasteiger partial charge in [-0.2, -0.15) is 0 Å². The van der Waals surface area contributed by atoms with Crippen molar-refractivity contribution < 1.29 is 23.5 Å². The van der Waals surface area contributed by atoms with E-state index in [2.05, 4.69) is 11.4 Å². The summed E-state index contributed by atoms with van der Waals surface area (Å²) in [6.07, 6.45) is -1.23. The van der Waals surface area contributed by atoms with E-state index in [0.29, 0.717) is 37.2 Å². The number of hydrogen-bond donors (Lipinski definition) is 2. The highest BCUT2D eigenvalue weighted by molar-refractivity contribution is 5.98. The van der Waals surface area contributed by atoms with Crippen LogP contribution in [0.15, 0.2) is 48.5 Å². The molecule has 5 rings (SSSR count). The molecule has 2 fully saturated rings. The fourth-order valence-electron chi connectivity index (χ4n) is 5.66. The average Bonchev–Trinajstić information content (AvgIpc) is 3.15. The second-order valence-electron chi connectivity index (χ2n) is 9.47. The van der Waals surface area contributed by atoms with Gasteiger partial charge in [-0.3, -0.25) is 14.5 Å². The van der Waals surface area contributed by atoms with Gasteiger partial charge in [-0.25, -0.2) is 8.78 Å². The number of nitrogens with one attached hydrogen (secondary N) is 1. The van der Waals surface area contributed by atoms with Gasteiger partial charge in [0.25, 0.3) is 12.3 Å². The van der Waals surface area contributed by atoms with Crippen LogP contribution in [-0.4, -0.2) is 58.5 Å². The summed E-state index contributed by atoms with van der Waals surface area (Å²) in [5.74, 6) is -0.0820. The van der Waals surface area contributed by atoms with Crippen LogP contribution in [0.25, 0.3) is 0 Å². The highest BCUT2D eigenvalue weighted by Crippen LogP contribution is 2.37. The lowest BCUT2D eigenvalue weighted by Crippen LogP contribution is -2.55. The Morgan fingerprint density at radius 3 is 2.41 bits per heavy atom. The zero-order chi connectivity index (χ0) is 23.8. The molecule has 2 aromatic carbocycles. The minimum Gasteiger partial charge on any atom is -0.372 e. The maximum absolute atomic E-state index is 13.9. The SMILES string of the molecule is O=C1CCC(N2Cc3cc(C4CCN(C(c5ccccc5)C(F)F)CC4)ccc3C2=O)C(O)N1. The number of hydrogen-bond acceptors (Lipinski definition) is 4. The van der Waals surface area contributed by atoms with Crippen LogP contribution >= 0.6 is 0 Å². The molecule has 3 atom stereocenters. The van der Waals surface area contributed by atoms with E-state index in [-0.39, 0.29) is 24.2 Å². The Bertz CT molecular complexity index is 1060. The predicted octanol–water partition coefficient (Wildman–Crippen LogP) is 3.43. The molecule has 8 heteroatoms. The topological polar surface area (TPSA) is 72.9 Å². The third-order valence-corrected chi connectivity index (χ3v) is 7.48. The number of benzene rings is 2. The van der Waals surface area contributed by atoms with Gasteiger partial charge in [0, 0.05) is 18.5 Å². The molecular formula is C26H29F2N3O3. The monoisotopic (exact) mass is 469 g/mol. The van der Waals surface area contributed by atoms with Crippen molar-refractivity contribution in [3.63, 3.8) is 0 Å². The van der Waals surface area contributed by atoms with Gasteiger partial charge < -0.3 is 15.3 Å². The van der Waals surface area contributed by atoms with Gasteiger partial charge in [0.1, 0.15) is 6.23 Å². The Balaban J connectivity index is 1.26. The summed E-state index contributed by atoms with van der Waals surface area (Å²) in [4.78, 5) is 28.0. The molecular weight excluding hydrogens is 440 g/mol. The van der Waals surface area contributed by atoms with Crippen molar-refractivity contribution in [2.75, 3.05) is 13.1 Å². The minimum absolute atomic E-state index is 0.126. The number of nitrogens with zero attached hydrogens (tertiary/aromatic N) is 2. The van der Waals surface area contributed by atoms with Crippen molar-refractivity contribution in [3.8, 4) is 0 Å². The highest BCUT2D eigenvalue weighted by atomic mass is 19.3. The van der Waals surface area contributed by atoms with E-state index in [1.807, 2.05) is 23.1 Å². The average molecular weight is 470 g/mol. The van der Waals surface area contributed by atoms with Gasteiger partial charge in [0.05, 0.1) is 12.1 Å². The fraction of sp³-hybridized carbons (Fsp3) is 0.462. The summed E-state index contributed by atoms with van der Waals surface area (Å²) < 4.78 is 27.8. The number of rotatable bonds is 5. The molecule has 3 aliphatic heterocycles. The Labute approximate surface area is 197 Å². The smallest absolute Gasteiger partial charge is 0.258 e. The predicted molar refractivity (Wildman–Crippen MR) is 122 cm³/mol. The maximum Gasteiger partial charge on any atom is 0.258 e. The molecule has 0 aromatic heterocycles. The molecule has 2 saturated heterocycles. The van der Waals surface area contributed by atoms with Crippen molar-refractivity contribution in [1.29, 1.82) is 0 Å². The molecule has 6 nitrogen and oxygen atoms in total. The van der Waals surface area contributed by atoms with Gasteiger partial charge in [-0.05, 0) is 61.0 Å². The summed E-state index contributed by atoms with van der Waals surface area (Å²) in [7, 11) is 0. The largest absolute Gasteiger partial charge is 0.372 e. The van der Waals surface area contributed by atoms with Crippen LogP contribution in [0.3, 0.4) is 0 Å². The van der Waals surface area contributed by atoms with Gasteiger partial charge in [-0.1, -0.05) is 42.5 Å². The van der Waals surface area contributed by atoms with E-state index in [1.54, 1.807) is 29.2 Å². The number of fused-ring (bicyclic) bond motifs is 1. The summed E-state index contributed by atoms with van der Waals surface area (Å²) in [6.45, 7) is 1.58. The molecule has 0 saturated carbocycles. The molecule has 0 radical (unpaired) electrons. The van der Waals surface area contributed by atoms with Crippen LogP contribution in [0.2, 0.25) is 0 Å². The molecule has 3 aliphatic rings. The van der Waals surface area contributed by atoms with Crippen LogP contribution in [0, 0.1) is 0 Å². The molecule has 2 N–H and O–H groups in total. The Hall–Kier alpha value is -2.84. The quantitative estimate of drug-likeness (QED) is 0.704. The van der Waals surface area contributed by atoms with Crippen molar-refractivity contribution >= 4 is 11.8 Å². The van der Waals surface area contributed by atoms with E-state index in [1.165, 1.54) is 0 Å². The third kappa shape index (κ3) is 4.32. The van der Waals surface area contributed by atoms with Gasteiger partial charge in [-0.15, -0.1) is 0 Å².